The molecule has 8 atom stereocenters. The monoisotopic (exact) mass is 1220 g/mol. The molecule has 2 saturated heterocycles. The molecule has 0 unspecified atom stereocenters. The number of carbonyl (C=O) groups is 9. The van der Waals surface area contributed by atoms with Crippen LogP contribution in [-0.4, -0.2) is 132 Å². The highest BCUT2D eigenvalue weighted by atomic mass is 16.6. The van der Waals surface area contributed by atoms with Crippen molar-refractivity contribution in [1.29, 1.82) is 0 Å². The Morgan fingerprint density at radius 3 is 2.14 bits per heavy atom. The third-order valence-electron chi connectivity index (χ3n) is 14.7. The van der Waals surface area contributed by atoms with Crippen LogP contribution in [0.5, 0.6) is 0 Å². The number of fused-ring (bicyclic) bond motifs is 5. The van der Waals surface area contributed by atoms with Gasteiger partial charge in [0.2, 0.25) is 11.8 Å². The fraction of sp³-hybridized carbons (Fsp3) is 0.554. The number of benzene rings is 2. The molecule has 2 fully saturated rings. The Hall–Kier alpha value is -8.05. The number of hydrogen-bond acceptors (Lipinski definition) is 19. The summed E-state index contributed by atoms with van der Waals surface area (Å²) >= 11 is 0. The van der Waals surface area contributed by atoms with Gasteiger partial charge in [-0.1, -0.05) is 64.1 Å². The number of Topliss-reactive ketones (excluding diaryl/α,β-unsaturated/α-hetero) is 1. The van der Waals surface area contributed by atoms with Crippen molar-refractivity contribution in [3.63, 3.8) is 0 Å². The molecule has 5 bridgehead atoms. The van der Waals surface area contributed by atoms with Crippen LogP contribution in [0.25, 0.3) is 34.2 Å². The zero-order valence-electron chi connectivity index (χ0n) is 53.3. The van der Waals surface area contributed by atoms with Crippen molar-refractivity contribution in [3.8, 4) is 0 Å². The summed E-state index contributed by atoms with van der Waals surface area (Å²) in [6.07, 6.45) is 11.3. The number of amides is 4. The van der Waals surface area contributed by atoms with Gasteiger partial charge in [-0.25, -0.2) is 20.8 Å². The Morgan fingerprint density at radius 2 is 1.45 bits per heavy atom. The number of hydrazine groups is 2. The molecule has 2 aromatic heterocycles. The van der Waals surface area contributed by atoms with E-state index >= 15 is 0 Å². The van der Waals surface area contributed by atoms with E-state index in [0.29, 0.717) is 72.2 Å². The van der Waals surface area contributed by atoms with E-state index in [1.54, 1.807) is 73.0 Å². The molecular weight excluding hydrogens is 1130 g/mol. The number of esters is 4. The first kappa shape index (κ1) is 69.1. The molecule has 476 valence electrons. The molecule has 4 N–H and O–H groups in total. The van der Waals surface area contributed by atoms with Crippen molar-refractivity contribution in [2.24, 2.45) is 23.7 Å². The van der Waals surface area contributed by atoms with Crippen LogP contribution in [0.15, 0.2) is 60.9 Å². The van der Waals surface area contributed by atoms with Gasteiger partial charge in [0.05, 0.1) is 64.6 Å². The van der Waals surface area contributed by atoms with Crippen LogP contribution in [-0.2, 0) is 62.1 Å². The third-order valence-corrected chi connectivity index (χ3v) is 14.7. The minimum Gasteiger partial charge on any atom is -0.460 e. The molecule has 0 aliphatic carbocycles. The number of nitrogens with zero attached hydrogens (tertiary/aromatic N) is 6. The van der Waals surface area contributed by atoms with E-state index in [2.05, 4.69) is 41.4 Å². The van der Waals surface area contributed by atoms with E-state index in [9.17, 15) is 43.2 Å². The summed E-state index contributed by atoms with van der Waals surface area (Å²) in [5.41, 5.74) is 9.92. The average molecular weight is 1220 g/mol. The maximum Gasteiger partial charge on any atom is 0.325 e. The minimum atomic E-state index is -0.909. The van der Waals surface area contributed by atoms with E-state index in [1.807, 2.05) is 97.0 Å². The van der Waals surface area contributed by atoms with Gasteiger partial charge in [-0.3, -0.25) is 63.1 Å². The van der Waals surface area contributed by atoms with Gasteiger partial charge >= 0.3 is 23.9 Å². The highest BCUT2D eigenvalue weighted by Gasteiger charge is 2.37. The number of ether oxygens (including phenoxy) is 4. The van der Waals surface area contributed by atoms with Crippen LogP contribution in [0.1, 0.15) is 183 Å². The Bertz CT molecular complexity index is 3260. The summed E-state index contributed by atoms with van der Waals surface area (Å²) in [4.78, 5) is 134. The van der Waals surface area contributed by atoms with Crippen LogP contribution in [0.3, 0.4) is 0 Å². The number of allylic oxidation sites excluding steroid dienone is 1. The lowest BCUT2D eigenvalue weighted by atomic mass is 9.89. The molecule has 5 heterocycles. The van der Waals surface area contributed by atoms with Crippen molar-refractivity contribution in [2.75, 3.05) is 13.1 Å². The topological polar surface area (TPSA) is 297 Å². The second-order valence-electron chi connectivity index (χ2n) is 25.4. The molecular formula is C65H88N10O13. The average Bonchev–Trinajstić information content (AvgIpc) is 1.44. The number of ketones is 1. The van der Waals surface area contributed by atoms with Crippen molar-refractivity contribution in [1.82, 2.24) is 51.4 Å². The Kier molecular flexibility index (Phi) is 24.1. The molecule has 3 aliphatic heterocycles. The zero-order chi connectivity index (χ0) is 64.8. The molecule has 4 amide bonds. The van der Waals surface area contributed by atoms with Gasteiger partial charge in [0, 0.05) is 31.8 Å². The molecule has 0 radical (unpaired) electrons. The third kappa shape index (κ3) is 20.5. The summed E-state index contributed by atoms with van der Waals surface area (Å²) in [6.45, 7) is 25.5. The summed E-state index contributed by atoms with van der Waals surface area (Å²) in [6, 6.07) is 7.88. The van der Waals surface area contributed by atoms with E-state index in [1.165, 1.54) is 10.0 Å². The van der Waals surface area contributed by atoms with Gasteiger partial charge in [0.15, 0.2) is 0 Å². The summed E-state index contributed by atoms with van der Waals surface area (Å²) < 4.78 is 22.2. The van der Waals surface area contributed by atoms with Gasteiger partial charge in [0.1, 0.15) is 53.4 Å². The second-order valence-corrected chi connectivity index (χ2v) is 25.4. The summed E-state index contributed by atoms with van der Waals surface area (Å²) in [5, 5.41) is 8.20. The molecule has 0 saturated carbocycles. The van der Waals surface area contributed by atoms with Gasteiger partial charge in [0.25, 0.3) is 11.8 Å². The first-order chi connectivity index (χ1) is 41.3. The fourth-order valence-corrected chi connectivity index (χ4v) is 9.93. The van der Waals surface area contributed by atoms with Crippen LogP contribution in [0.2, 0.25) is 0 Å². The molecule has 23 nitrogen and oxygen atoms in total. The summed E-state index contributed by atoms with van der Waals surface area (Å²) in [5.74, 6) is -4.94. The Balaban J connectivity index is 0.000000291. The maximum absolute atomic E-state index is 13.3. The van der Waals surface area contributed by atoms with Crippen LogP contribution in [0, 0.1) is 23.7 Å². The number of rotatable bonds is 13. The standard InChI is InChI=1S/C37H53N5O8.C28H35N5O5/c1-22(2)26(20-32(44)50-37(8,9)10)33(45)39-23(3)34(46)42-18-12-14-28(41-42)35(47)48-24(4)30-21-38-27-17-16-25(19-29(27)40-30)13-11-15-31(43)49-36(5,6)7;1-16(2)21-14-20(34)8-5-7-19-10-11-22-24(13-19)31-25(15-29-22)18(4)38-28(37)23-9-6-12-33(32-23)27(36)17(3)30-26(21)35/h11,13,16-17,19,21-24,26,28,41H,12,14-15,18,20H2,1-10H3,(H,39,45);5,7,10-11,13,15-18,21,23,32H,6,8-9,12,14H2,1-4H3,(H,30,35)/b13-11+;7-5+/t23-,24+,26-,28-;17-,18+,21-,23-/m00/s1. The largest absolute Gasteiger partial charge is 0.460 e. The van der Waals surface area contributed by atoms with Gasteiger partial charge in [-0.2, -0.15) is 0 Å². The molecule has 0 spiro atoms. The lowest BCUT2D eigenvalue weighted by Crippen LogP contribution is -2.59. The highest BCUT2D eigenvalue weighted by Crippen LogP contribution is 2.26. The van der Waals surface area contributed by atoms with Crippen molar-refractivity contribution >= 4 is 87.5 Å². The van der Waals surface area contributed by atoms with Crippen LogP contribution >= 0.6 is 0 Å². The van der Waals surface area contributed by atoms with E-state index in [4.69, 9.17) is 18.9 Å². The van der Waals surface area contributed by atoms with Crippen molar-refractivity contribution in [2.45, 2.75) is 196 Å². The van der Waals surface area contributed by atoms with E-state index in [-0.39, 0.29) is 61.1 Å². The normalized spacial score (nSPS) is 21.4. The molecule has 3 aliphatic rings. The van der Waals surface area contributed by atoms with Crippen molar-refractivity contribution < 1.29 is 62.1 Å². The SMILES string of the molecule is CC(C)[C@@H]1CC(=O)C/C=C/c2ccc3ncc(nc3c2)[C@@H](C)OC(=O)[C@@H]2CCCN(N2)C(=O)[C@H](C)NC1=O.CC(C)[C@H](CC(=O)OC(C)(C)C)C(=O)N[C@@H](C)C(=O)N1CCC[C@@H](C(=O)O[C@H](C)c2cnc3ccc(/C=C/CC(=O)OC(C)(C)C)cc3n2)N1. The van der Waals surface area contributed by atoms with Crippen LogP contribution in [0.4, 0.5) is 0 Å². The van der Waals surface area contributed by atoms with Crippen LogP contribution < -0.4 is 21.5 Å². The lowest BCUT2D eigenvalue weighted by Gasteiger charge is -2.35. The number of aromatic nitrogens is 4. The Labute approximate surface area is 515 Å². The molecule has 4 aromatic rings. The maximum atomic E-state index is 13.3. The molecule has 7 rings (SSSR count). The number of cyclic esters (lactones) is 1. The Morgan fingerprint density at radius 1 is 0.795 bits per heavy atom. The number of carbonyl (C=O) groups excluding carboxylic acids is 9. The predicted molar refractivity (Wildman–Crippen MR) is 329 cm³/mol. The lowest BCUT2D eigenvalue weighted by molar-refractivity contribution is -0.159. The zero-order valence-corrected chi connectivity index (χ0v) is 53.3. The quantitative estimate of drug-likeness (QED) is 0.0731. The smallest absolute Gasteiger partial charge is 0.325 e. The number of nitrogens with one attached hydrogen (secondary N) is 4. The van der Waals surface area contributed by atoms with Gasteiger partial charge < -0.3 is 29.6 Å². The van der Waals surface area contributed by atoms with Gasteiger partial charge in [-0.15, -0.1) is 0 Å². The second kappa shape index (κ2) is 30.7. The molecule has 23 heteroatoms. The molecule has 88 heavy (non-hydrogen) atoms. The minimum absolute atomic E-state index is 0.0622. The first-order valence-corrected chi connectivity index (χ1v) is 30.3. The predicted octanol–water partition coefficient (Wildman–Crippen LogP) is 7.87. The van der Waals surface area contributed by atoms with E-state index in [0.717, 1.165) is 11.1 Å². The van der Waals surface area contributed by atoms with E-state index < -0.39 is 89.1 Å². The molecule has 2 aromatic carbocycles. The number of hydrogen-bond donors (Lipinski definition) is 4. The first-order valence-electron chi connectivity index (χ1n) is 30.3. The van der Waals surface area contributed by atoms with Gasteiger partial charge in [-0.05, 0) is 142 Å². The van der Waals surface area contributed by atoms with Crippen molar-refractivity contribution in [3.05, 3.63) is 83.5 Å². The fourth-order valence-electron chi connectivity index (χ4n) is 9.93. The highest BCUT2D eigenvalue weighted by molar-refractivity contribution is 5.92. The summed E-state index contributed by atoms with van der Waals surface area (Å²) in [7, 11) is 0.